The number of hydrogen-bond donors (Lipinski definition) is 1. The molecule has 0 aliphatic heterocycles. The number of benzene rings is 1. The lowest BCUT2D eigenvalue weighted by molar-refractivity contribution is 0.318. The van der Waals surface area contributed by atoms with Gasteiger partial charge in [0.05, 0.1) is 5.71 Å². The van der Waals surface area contributed by atoms with Crippen LogP contribution in [0.25, 0.3) is 0 Å². The molecule has 0 fully saturated rings. The topological polar surface area (TPSA) is 41.8 Å². The van der Waals surface area contributed by atoms with Crippen LogP contribution in [-0.4, -0.2) is 17.5 Å². The molecule has 0 saturated heterocycles. The monoisotopic (exact) mass is 239 g/mol. The lowest BCUT2D eigenvalue weighted by atomic mass is 10.1. The molecular formula is C12H14ClNO2. The van der Waals surface area contributed by atoms with E-state index in [1.807, 2.05) is 31.2 Å². The summed E-state index contributed by atoms with van der Waals surface area (Å²) >= 11 is 5.37. The summed E-state index contributed by atoms with van der Waals surface area (Å²) < 4.78 is 5.37. The summed E-state index contributed by atoms with van der Waals surface area (Å²) in [5, 5.41) is 12.0. The van der Waals surface area contributed by atoms with Crippen molar-refractivity contribution in [2.75, 3.05) is 6.61 Å². The highest BCUT2D eigenvalue weighted by Gasteiger charge is 2.01. The second-order valence-corrected chi connectivity index (χ2v) is 3.35. The quantitative estimate of drug-likeness (QED) is 0.486. The molecular weight excluding hydrogens is 226 g/mol. The van der Waals surface area contributed by atoms with E-state index in [0.29, 0.717) is 18.7 Å². The highest BCUT2D eigenvalue weighted by molar-refractivity contribution is 6.25. The molecule has 0 amide bonds. The molecule has 1 aromatic rings. The molecule has 0 bridgehead atoms. The molecule has 16 heavy (non-hydrogen) atoms. The van der Waals surface area contributed by atoms with E-state index in [-0.39, 0.29) is 0 Å². The van der Waals surface area contributed by atoms with E-state index in [4.69, 9.17) is 21.5 Å². The highest BCUT2D eigenvalue weighted by Crippen LogP contribution is 2.13. The first-order valence-corrected chi connectivity index (χ1v) is 5.44. The Labute approximate surface area is 100.0 Å². The zero-order valence-corrected chi connectivity index (χ0v) is 9.81. The van der Waals surface area contributed by atoms with Gasteiger partial charge in [0.25, 0.3) is 0 Å². The molecule has 0 unspecified atom stereocenters. The van der Waals surface area contributed by atoms with Crippen LogP contribution in [0.1, 0.15) is 18.9 Å². The Morgan fingerprint density at radius 1 is 1.44 bits per heavy atom. The summed E-state index contributed by atoms with van der Waals surface area (Å²) in [5.74, 6) is 0.756. The van der Waals surface area contributed by atoms with Crippen molar-refractivity contribution in [1.82, 2.24) is 0 Å². The second-order valence-electron chi connectivity index (χ2n) is 3.10. The first kappa shape index (κ1) is 12.6. The average molecular weight is 240 g/mol. The maximum atomic E-state index is 8.76. The first-order valence-electron chi connectivity index (χ1n) is 5.01. The van der Waals surface area contributed by atoms with E-state index in [2.05, 4.69) is 5.16 Å². The van der Waals surface area contributed by atoms with E-state index in [0.717, 1.165) is 11.3 Å². The van der Waals surface area contributed by atoms with E-state index in [1.54, 1.807) is 6.08 Å². The molecule has 4 heteroatoms. The van der Waals surface area contributed by atoms with Crippen LogP contribution in [0.15, 0.2) is 41.0 Å². The summed E-state index contributed by atoms with van der Waals surface area (Å²) in [5.41, 5.74) is 2.97. The van der Waals surface area contributed by atoms with E-state index in [9.17, 15) is 0 Å². The Morgan fingerprint density at radius 2 is 2.12 bits per heavy atom. The summed E-state index contributed by atoms with van der Waals surface area (Å²) in [7, 11) is 0. The van der Waals surface area contributed by atoms with Gasteiger partial charge in [-0.2, -0.15) is 0 Å². The molecule has 0 atom stereocenters. The van der Waals surface area contributed by atoms with Gasteiger partial charge in [-0.25, -0.2) is 0 Å². The minimum atomic E-state index is 0.442. The lowest BCUT2D eigenvalue weighted by Crippen LogP contribution is -1.99. The third kappa shape index (κ3) is 3.59. The van der Waals surface area contributed by atoms with E-state index >= 15 is 0 Å². The first-order chi connectivity index (χ1) is 7.81. The molecule has 1 N–H and O–H groups in total. The van der Waals surface area contributed by atoms with Crippen molar-refractivity contribution in [3.8, 4) is 5.75 Å². The van der Waals surface area contributed by atoms with Crippen LogP contribution in [0.5, 0.6) is 5.75 Å². The Hall–Kier alpha value is -1.48. The summed E-state index contributed by atoms with van der Waals surface area (Å²) in [6.07, 6.45) is 2.40. The normalized spacial score (nSPS) is 12.0. The zero-order chi connectivity index (χ0) is 11.8. The second kappa shape index (κ2) is 6.90. The van der Waals surface area contributed by atoms with Crippen LogP contribution in [0, 0.1) is 0 Å². The molecule has 0 radical (unpaired) electrons. The summed E-state index contributed by atoms with van der Waals surface area (Å²) in [4.78, 5) is 0. The number of ether oxygens (including phenoxy) is 1. The predicted molar refractivity (Wildman–Crippen MR) is 65.5 cm³/mol. The smallest absolute Gasteiger partial charge is 0.119 e. The number of hydrogen-bond acceptors (Lipinski definition) is 3. The Morgan fingerprint density at radius 3 is 2.62 bits per heavy atom. The zero-order valence-electron chi connectivity index (χ0n) is 9.06. The van der Waals surface area contributed by atoms with E-state index < -0.39 is 0 Å². The van der Waals surface area contributed by atoms with Gasteiger partial charge in [0, 0.05) is 5.54 Å². The van der Waals surface area contributed by atoms with Crippen LogP contribution in [0.3, 0.4) is 0 Å². The van der Waals surface area contributed by atoms with Gasteiger partial charge >= 0.3 is 0 Å². The number of nitrogens with zero attached hydrogens (tertiary/aromatic N) is 1. The van der Waals surface area contributed by atoms with E-state index in [1.165, 1.54) is 5.54 Å². The van der Waals surface area contributed by atoms with Gasteiger partial charge in [-0.3, -0.25) is 0 Å². The van der Waals surface area contributed by atoms with Crippen LogP contribution in [0.4, 0.5) is 0 Å². The van der Waals surface area contributed by atoms with Crippen LogP contribution >= 0.6 is 11.6 Å². The average Bonchev–Trinajstić information content (AvgIpc) is 2.33. The van der Waals surface area contributed by atoms with Gasteiger partial charge in [-0.1, -0.05) is 23.7 Å². The summed E-state index contributed by atoms with van der Waals surface area (Å²) in [6, 6.07) is 7.38. The molecule has 1 rings (SSSR count). The SMILES string of the molecule is CC/C(=N\O)c1ccc(OC/C=C/Cl)cc1. The van der Waals surface area contributed by atoms with Crippen LogP contribution < -0.4 is 4.74 Å². The molecule has 0 aromatic heterocycles. The maximum absolute atomic E-state index is 8.76. The number of oxime groups is 1. The van der Waals surface area contributed by atoms with Gasteiger partial charge < -0.3 is 9.94 Å². The van der Waals surface area contributed by atoms with Crippen molar-refractivity contribution in [2.45, 2.75) is 13.3 Å². The molecule has 1 aromatic carbocycles. The Kier molecular flexibility index (Phi) is 5.43. The number of halogens is 1. The van der Waals surface area contributed by atoms with Crippen molar-refractivity contribution < 1.29 is 9.94 Å². The van der Waals surface area contributed by atoms with Crippen LogP contribution in [-0.2, 0) is 0 Å². The van der Waals surface area contributed by atoms with Gasteiger partial charge in [-0.05, 0) is 42.3 Å². The van der Waals surface area contributed by atoms with Crippen molar-refractivity contribution >= 4 is 17.3 Å². The molecule has 3 nitrogen and oxygen atoms in total. The molecule has 0 aliphatic rings. The fourth-order valence-corrected chi connectivity index (χ4v) is 1.33. The third-order valence-electron chi connectivity index (χ3n) is 2.08. The largest absolute Gasteiger partial charge is 0.490 e. The molecule has 0 aliphatic carbocycles. The lowest BCUT2D eigenvalue weighted by Gasteiger charge is -2.05. The minimum absolute atomic E-state index is 0.442. The molecule has 86 valence electrons. The molecule has 0 heterocycles. The van der Waals surface area contributed by atoms with Gasteiger partial charge in [0.1, 0.15) is 12.4 Å². The predicted octanol–water partition coefficient (Wildman–Crippen LogP) is 3.41. The van der Waals surface area contributed by atoms with Crippen molar-refractivity contribution in [2.24, 2.45) is 5.16 Å². The third-order valence-corrected chi connectivity index (χ3v) is 2.26. The van der Waals surface area contributed by atoms with Crippen molar-refractivity contribution in [1.29, 1.82) is 0 Å². The molecule has 0 spiro atoms. The Bertz CT molecular complexity index is 371. The fraction of sp³-hybridized carbons (Fsp3) is 0.250. The summed E-state index contributed by atoms with van der Waals surface area (Å²) in [6.45, 7) is 2.38. The van der Waals surface area contributed by atoms with Crippen molar-refractivity contribution in [3.63, 3.8) is 0 Å². The van der Waals surface area contributed by atoms with Gasteiger partial charge in [0.15, 0.2) is 0 Å². The van der Waals surface area contributed by atoms with Gasteiger partial charge in [0.2, 0.25) is 0 Å². The van der Waals surface area contributed by atoms with Crippen molar-refractivity contribution in [3.05, 3.63) is 41.4 Å². The van der Waals surface area contributed by atoms with Crippen LogP contribution in [0.2, 0.25) is 0 Å². The maximum Gasteiger partial charge on any atom is 0.119 e. The molecule has 0 saturated carbocycles. The minimum Gasteiger partial charge on any atom is -0.490 e. The number of rotatable bonds is 5. The standard InChI is InChI=1S/C12H14ClNO2/c1-2-12(14-15)10-4-6-11(7-5-10)16-9-3-8-13/h3-8,15H,2,9H2,1H3/b8-3+,14-12+. The highest BCUT2D eigenvalue weighted by atomic mass is 35.5. The Balaban J connectivity index is 2.67. The van der Waals surface area contributed by atoms with Gasteiger partial charge in [-0.15, -0.1) is 0 Å². The fourth-order valence-electron chi connectivity index (χ4n) is 1.26.